The van der Waals surface area contributed by atoms with E-state index in [-0.39, 0.29) is 0 Å². The molecule has 0 saturated heterocycles. The molecule has 0 saturated carbocycles. The zero-order valence-electron chi connectivity index (χ0n) is 31.6. The number of benzene rings is 8. The molecule has 8 aromatic carbocycles. The summed E-state index contributed by atoms with van der Waals surface area (Å²) < 4.78 is 7.29. The minimum absolute atomic E-state index is 0.528. The fourth-order valence-corrected chi connectivity index (χ4v) is 9.83. The van der Waals surface area contributed by atoms with E-state index in [4.69, 9.17) is 4.99 Å². The van der Waals surface area contributed by atoms with Gasteiger partial charge in [0.2, 0.25) is 0 Å². The van der Waals surface area contributed by atoms with E-state index < -0.39 is 0 Å². The topological polar surface area (TPSA) is 34.6 Å². The summed E-state index contributed by atoms with van der Waals surface area (Å²) in [5.41, 5.74) is 11.7. The molecule has 0 aliphatic heterocycles. The number of hydrogen-bond acceptors (Lipinski definition) is 3. The Labute approximate surface area is 339 Å². The molecule has 3 heterocycles. The molecule has 0 spiro atoms. The van der Waals surface area contributed by atoms with Gasteiger partial charge in [-0.2, -0.15) is 0 Å². The van der Waals surface area contributed by atoms with Gasteiger partial charge in [-0.25, -0.2) is 0 Å². The fourth-order valence-electron chi connectivity index (χ4n) is 8.62. The molecule has 58 heavy (non-hydrogen) atoms. The highest BCUT2D eigenvalue weighted by Crippen LogP contribution is 2.43. The summed E-state index contributed by atoms with van der Waals surface area (Å²) in [6, 6.07) is 67.2. The lowest BCUT2D eigenvalue weighted by Gasteiger charge is -2.14. The van der Waals surface area contributed by atoms with Gasteiger partial charge >= 0.3 is 0 Å². The van der Waals surface area contributed by atoms with E-state index in [2.05, 4.69) is 191 Å². The van der Waals surface area contributed by atoms with Crippen molar-refractivity contribution in [2.75, 3.05) is 0 Å². The Hall–Kier alpha value is -7.34. The Kier molecular flexibility index (Phi) is 8.19. The maximum absolute atomic E-state index is 5.40. The minimum Gasteiger partial charge on any atom is -0.309 e. The zero-order valence-corrected chi connectivity index (χ0v) is 32.4. The Morgan fingerprint density at radius 1 is 0.500 bits per heavy atom. The Balaban J connectivity index is 1.24. The SMILES string of the molecule is C=N/C(=C\C(=NCc1ccccc1)c1cc(-n2c3ccccc3c3cc4c5ccccc5n(-c5ccccc5)c4cc32)cc2c1sc1ccccc12)c1ccccc1. The Morgan fingerprint density at radius 2 is 1.07 bits per heavy atom. The van der Waals surface area contributed by atoms with Gasteiger partial charge in [0, 0.05) is 64.2 Å². The number of aliphatic imine (C=N–C) groups is 2. The lowest BCUT2D eigenvalue weighted by molar-refractivity contribution is 1.07. The number of allylic oxidation sites excluding steroid dienone is 1. The monoisotopic (exact) mass is 760 g/mol. The van der Waals surface area contributed by atoms with E-state index in [0.717, 1.165) is 50.5 Å². The second kappa shape index (κ2) is 14.0. The van der Waals surface area contributed by atoms with Crippen LogP contribution in [0.3, 0.4) is 0 Å². The van der Waals surface area contributed by atoms with E-state index in [1.807, 2.05) is 35.6 Å². The van der Waals surface area contributed by atoms with Crippen molar-refractivity contribution in [3.63, 3.8) is 0 Å². The molecule has 0 aliphatic rings. The molecule has 0 unspecified atom stereocenters. The van der Waals surface area contributed by atoms with Crippen LogP contribution in [0.15, 0.2) is 204 Å². The number of thiophene rings is 1. The average Bonchev–Trinajstić information content (AvgIpc) is 3.94. The first-order chi connectivity index (χ1) is 28.7. The standard InChI is InChI=1S/C53H36N4S/c1-54-46(36-19-7-3-8-20-36)32-47(55-34-35-17-5-2-6-18-35)45-30-38(29-44-41-25-13-16-28-52(41)58-53(44)45)57-49-27-15-12-24-40(49)43-31-42-39-23-11-14-26-48(39)56(50(42)33-51(43)57)37-21-9-4-10-22-37/h2-33H,1,34H2/b46-32-,55-47?. The average molecular weight is 761 g/mol. The molecule has 0 radical (unpaired) electrons. The first kappa shape index (κ1) is 34.0. The highest BCUT2D eigenvalue weighted by atomic mass is 32.1. The largest absolute Gasteiger partial charge is 0.309 e. The van der Waals surface area contributed by atoms with E-state index in [0.29, 0.717) is 6.54 Å². The van der Waals surface area contributed by atoms with Gasteiger partial charge in [-0.05, 0) is 73.0 Å². The van der Waals surface area contributed by atoms with E-state index in [9.17, 15) is 0 Å². The third-order valence-corrected chi connectivity index (χ3v) is 12.5. The third-order valence-electron chi connectivity index (χ3n) is 11.3. The van der Waals surface area contributed by atoms with Crippen LogP contribution in [-0.4, -0.2) is 21.6 Å². The summed E-state index contributed by atoms with van der Waals surface area (Å²) in [6.07, 6.45) is 2.11. The van der Waals surface area contributed by atoms with Crippen molar-refractivity contribution in [1.82, 2.24) is 9.13 Å². The normalized spacial score (nSPS) is 12.5. The van der Waals surface area contributed by atoms with Crippen molar-refractivity contribution < 1.29 is 0 Å². The number of para-hydroxylation sites is 3. The summed E-state index contributed by atoms with van der Waals surface area (Å²) in [5.74, 6) is 0. The molecule has 274 valence electrons. The van der Waals surface area contributed by atoms with Crippen molar-refractivity contribution in [1.29, 1.82) is 0 Å². The smallest absolute Gasteiger partial charge is 0.0716 e. The molecule has 0 fully saturated rings. The number of fused-ring (bicyclic) bond motifs is 9. The second-order valence-corrected chi connectivity index (χ2v) is 15.7. The second-order valence-electron chi connectivity index (χ2n) is 14.6. The van der Waals surface area contributed by atoms with Crippen LogP contribution < -0.4 is 0 Å². The molecule has 0 N–H and O–H groups in total. The molecule has 5 heteroatoms. The number of rotatable bonds is 8. The molecule has 3 aromatic heterocycles. The van der Waals surface area contributed by atoms with E-state index in [1.54, 1.807) is 0 Å². The molecular weight excluding hydrogens is 725 g/mol. The zero-order chi connectivity index (χ0) is 38.6. The number of nitrogens with zero attached hydrogens (tertiary/aromatic N) is 4. The lowest BCUT2D eigenvalue weighted by Crippen LogP contribution is -2.03. The molecule has 11 rings (SSSR count). The van der Waals surface area contributed by atoms with Crippen LogP contribution in [0.2, 0.25) is 0 Å². The predicted octanol–water partition coefficient (Wildman–Crippen LogP) is 14.0. The summed E-state index contributed by atoms with van der Waals surface area (Å²) in [6.45, 7) is 4.55. The van der Waals surface area contributed by atoms with Crippen LogP contribution in [0, 0.1) is 0 Å². The van der Waals surface area contributed by atoms with Crippen LogP contribution in [0.25, 0.3) is 80.9 Å². The van der Waals surface area contributed by atoms with Gasteiger partial charge in [-0.15, -0.1) is 11.3 Å². The fraction of sp³-hybridized carbons (Fsp3) is 0.0189. The van der Waals surface area contributed by atoms with Crippen molar-refractivity contribution >= 4 is 93.2 Å². The van der Waals surface area contributed by atoms with Crippen LogP contribution in [0.1, 0.15) is 16.7 Å². The van der Waals surface area contributed by atoms with E-state index >= 15 is 0 Å². The maximum Gasteiger partial charge on any atom is 0.0716 e. The van der Waals surface area contributed by atoms with Gasteiger partial charge in [-0.3, -0.25) is 9.98 Å². The third kappa shape index (κ3) is 5.59. The highest BCUT2D eigenvalue weighted by molar-refractivity contribution is 7.26. The van der Waals surface area contributed by atoms with E-state index in [1.165, 1.54) is 52.8 Å². The van der Waals surface area contributed by atoms with Crippen molar-refractivity contribution in [2.45, 2.75) is 6.54 Å². The Bertz CT molecular complexity index is 3420. The highest BCUT2D eigenvalue weighted by Gasteiger charge is 2.21. The van der Waals surface area contributed by atoms with Gasteiger partial charge in [-0.1, -0.05) is 133 Å². The molecule has 0 bridgehead atoms. The van der Waals surface area contributed by atoms with Gasteiger partial charge in [0.1, 0.15) is 0 Å². The molecular formula is C53H36N4S. The summed E-state index contributed by atoms with van der Waals surface area (Å²) >= 11 is 1.82. The summed E-state index contributed by atoms with van der Waals surface area (Å²) in [5, 5.41) is 7.34. The predicted molar refractivity (Wildman–Crippen MR) is 249 cm³/mol. The van der Waals surface area contributed by atoms with Gasteiger partial charge in [0.15, 0.2) is 0 Å². The molecule has 4 nitrogen and oxygen atoms in total. The lowest BCUT2D eigenvalue weighted by atomic mass is 10.0. The minimum atomic E-state index is 0.528. The van der Waals surface area contributed by atoms with Gasteiger partial charge in [0.05, 0.1) is 40.0 Å². The van der Waals surface area contributed by atoms with Crippen LogP contribution in [-0.2, 0) is 6.54 Å². The quantitative estimate of drug-likeness (QED) is 0.138. The van der Waals surface area contributed by atoms with Crippen LogP contribution in [0.4, 0.5) is 0 Å². The first-order valence-corrected chi connectivity index (χ1v) is 20.4. The van der Waals surface area contributed by atoms with Gasteiger partial charge < -0.3 is 9.13 Å². The van der Waals surface area contributed by atoms with Crippen molar-refractivity contribution in [2.24, 2.45) is 9.98 Å². The Morgan fingerprint density at radius 3 is 1.74 bits per heavy atom. The van der Waals surface area contributed by atoms with Crippen LogP contribution in [0.5, 0.6) is 0 Å². The first-order valence-electron chi connectivity index (χ1n) is 19.5. The molecule has 0 aliphatic carbocycles. The molecule has 0 atom stereocenters. The number of hydrogen-bond donors (Lipinski definition) is 0. The van der Waals surface area contributed by atoms with Crippen molar-refractivity contribution in [3.05, 3.63) is 211 Å². The van der Waals surface area contributed by atoms with Crippen LogP contribution >= 0.6 is 11.3 Å². The molecule has 0 amide bonds. The number of aromatic nitrogens is 2. The summed E-state index contributed by atoms with van der Waals surface area (Å²) in [7, 11) is 0. The molecule has 11 aromatic rings. The van der Waals surface area contributed by atoms with Crippen molar-refractivity contribution in [3.8, 4) is 11.4 Å². The maximum atomic E-state index is 5.40. The van der Waals surface area contributed by atoms with Gasteiger partial charge in [0.25, 0.3) is 0 Å². The summed E-state index contributed by atoms with van der Waals surface area (Å²) in [4.78, 5) is 9.96.